The minimum Gasteiger partial charge on any atom is -0.461 e. The summed E-state index contributed by atoms with van der Waals surface area (Å²) in [4.78, 5) is 63.2. The van der Waals surface area contributed by atoms with Gasteiger partial charge >= 0.3 is 18.2 Å². The standard InChI is InChI=1S/C20H35N7O6/c1-11(2)16(21)18(30)26-14(6-5-9-24-20(22)32)17(29)27-15(19(31)33-12(3)4)8-7-13(28)10-25-23/h10-12,14-16,23H,5-9,21H2,1-4H3,(H4-,22,24,26,27,29,30,32)/p+1/t14-,15-,16-/m0/s1. The van der Waals surface area contributed by atoms with E-state index in [2.05, 4.69) is 20.7 Å². The van der Waals surface area contributed by atoms with Gasteiger partial charge in [-0.3, -0.25) is 14.4 Å². The number of urea groups is 1. The number of Topliss-reactive ketones (excluding diaryl/α,β-unsaturated/α-hetero) is 1. The Morgan fingerprint density at radius 1 is 1.00 bits per heavy atom. The largest absolute Gasteiger partial charge is 0.461 e. The number of nitrogens with one attached hydrogen (secondary N) is 4. The number of hydrogen-bond donors (Lipinski definition) is 6. The number of rotatable bonds is 15. The van der Waals surface area contributed by atoms with E-state index in [0.29, 0.717) is 6.42 Å². The number of ketones is 1. The van der Waals surface area contributed by atoms with Gasteiger partial charge in [0.05, 0.1) is 22.5 Å². The maximum absolute atomic E-state index is 12.9. The zero-order valence-corrected chi connectivity index (χ0v) is 19.6. The number of nitrogens with zero attached hydrogens (tertiary/aromatic N) is 1. The van der Waals surface area contributed by atoms with Crippen molar-refractivity contribution in [2.45, 2.75) is 77.6 Å². The number of esters is 1. The maximum atomic E-state index is 12.9. The zero-order valence-electron chi connectivity index (χ0n) is 19.6. The normalized spacial score (nSPS) is 13.3. The summed E-state index contributed by atoms with van der Waals surface area (Å²) in [7, 11) is 0. The lowest BCUT2D eigenvalue weighted by molar-refractivity contribution is -0.152. The van der Waals surface area contributed by atoms with Crippen molar-refractivity contribution in [1.82, 2.24) is 16.0 Å². The Hall–Kier alpha value is -3.31. The Morgan fingerprint density at radius 3 is 2.12 bits per heavy atom. The highest BCUT2D eigenvalue weighted by Gasteiger charge is 2.30. The number of amides is 4. The smallest absolute Gasteiger partial charge is 0.372 e. The lowest BCUT2D eigenvalue weighted by Crippen LogP contribution is -2.55. The molecule has 0 radical (unpaired) electrons. The van der Waals surface area contributed by atoms with Crippen LogP contribution in [0.25, 0.3) is 0 Å². The van der Waals surface area contributed by atoms with E-state index in [1.807, 2.05) is 0 Å². The molecule has 0 saturated heterocycles. The minimum atomic E-state index is -1.16. The summed E-state index contributed by atoms with van der Waals surface area (Å²) in [6, 6.07) is -3.80. The fraction of sp³-hybridized carbons (Fsp3) is 0.700. The van der Waals surface area contributed by atoms with E-state index in [9.17, 15) is 24.0 Å². The zero-order chi connectivity index (χ0) is 25.6. The Kier molecular flexibility index (Phi) is 13.9. The summed E-state index contributed by atoms with van der Waals surface area (Å²) in [5, 5.41) is 7.48. The van der Waals surface area contributed by atoms with E-state index in [0.717, 1.165) is 6.21 Å². The fourth-order valence-electron chi connectivity index (χ4n) is 2.62. The summed E-state index contributed by atoms with van der Waals surface area (Å²) >= 11 is 0. The summed E-state index contributed by atoms with van der Waals surface area (Å²) in [5.41, 5.74) is 17.6. The number of nitrogens with two attached hydrogens (primary N) is 2. The molecule has 0 aliphatic heterocycles. The first-order chi connectivity index (χ1) is 15.4. The SMILES string of the molecule is CC(C)OC(=O)[C@H](CCC(=O)C=[N+]=N)NC(=O)[C@H](CCCNC(N)=O)NC(=O)[C@@H](N)C(C)C. The molecule has 0 bridgehead atoms. The second kappa shape index (κ2) is 15.5. The predicted molar refractivity (Wildman–Crippen MR) is 118 cm³/mol. The second-order valence-corrected chi connectivity index (χ2v) is 8.07. The molecular weight excluding hydrogens is 434 g/mol. The van der Waals surface area contributed by atoms with Crippen molar-refractivity contribution < 1.29 is 33.5 Å². The summed E-state index contributed by atoms with van der Waals surface area (Å²) in [6.07, 6.45) is 0.531. The van der Waals surface area contributed by atoms with Gasteiger partial charge in [0.25, 0.3) is 0 Å². The Morgan fingerprint density at radius 2 is 1.61 bits per heavy atom. The van der Waals surface area contributed by atoms with Crippen molar-refractivity contribution in [3.63, 3.8) is 0 Å². The van der Waals surface area contributed by atoms with Gasteiger partial charge in [-0.2, -0.15) is 0 Å². The van der Waals surface area contributed by atoms with Crippen LogP contribution in [0.15, 0.2) is 0 Å². The second-order valence-electron chi connectivity index (χ2n) is 8.07. The number of hydrogen-bond acceptors (Lipinski definition) is 8. The van der Waals surface area contributed by atoms with Gasteiger partial charge in [-0.25, -0.2) is 9.59 Å². The molecule has 0 spiro atoms. The lowest BCUT2D eigenvalue weighted by atomic mass is 10.0. The van der Waals surface area contributed by atoms with Gasteiger partial charge in [0.2, 0.25) is 17.6 Å². The highest BCUT2D eigenvalue weighted by atomic mass is 16.5. The highest BCUT2D eigenvalue weighted by molar-refractivity contribution is 6.25. The minimum absolute atomic E-state index is 0.0858. The summed E-state index contributed by atoms with van der Waals surface area (Å²) in [5.74, 6) is -2.63. The van der Waals surface area contributed by atoms with Gasteiger partial charge in [-0.05, 0) is 39.0 Å². The van der Waals surface area contributed by atoms with Crippen molar-refractivity contribution in [3.8, 4) is 0 Å². The van der Waals surface area contributed by atoms with Crippen molar-refractivity contribution in [3.05, 3.63) is 0 Å². The van der Waals surface area contributed by atoms with Crippen molar-refractivity contribution in [2.75, 3.05) is 6.54 Å². The third kappa shape index (κ3) is 13.0. The topological polar surface area (TPSA) is 221 Å². The fourth-order valence-corrected chi connectivity index (χ4v) is 2.62. The van der Waals surface area contributed by atoms with Crippen LogP contribution in [-0.2, 0) is 23.9 Å². The molecular formula is C20H36N7O6+. The van der Waals surface area contributed by atoms with Gasteiger partial charge < -0.3 is 32.2 Å². The number of ether oxygens (including phenoxy) is 1. The molecule has 0 aliphatic rings. The molecule has 33 heavy (non-hydrogen) atoms. The van der Waals surface area contributed by atoms with Crippen LogP contribution >= 0.6 is 0 Å². The molecule has 0 saturated carbocycles. The first-order valence-corrected chi connectivity index (χ1v) is 10.7. The average molecular weight is 471 g/mol. The van der Waals surface area contributed by atoms with Crippen LogP contribution in [0, 0.1) is 11.4 Å². The Balaban J connectivity index is 5.45. The Bertz CT molecular complexity index is 749. The van der Waals surface area contributed by atoms with Gasteiger partial charge in [0, 0.05) is 13.0 Å². The van der Waals surface area contributed by atoms with Crippen molar-refractivity contribution >= 4 is 35.8 Å². The molecule has 0 unspecified atom stereocenters. The van der Waals surface area contributed by atoms with Crippen LogP contribution in [0.5, 0.6) is 0 Å². The molecule has 0 rings (SSSR count). The number of carbonyl (C=O) groups excluding carboxylic acids is 5. The number of primary amides is 1. The van der Waals surface area contributed by atoms with E-state index >= 15 is 0 Å². The molecule has 0 aliphatic carbocycles. The van der Waals surface area contributed by atoms with E-state index in [4.69, 9.17) is 21.7 Å². The molecule has 0 aromatic carbocycles. The van der Waals surface area contributed by atoms with Crippen LogP contribution in [-0.4, -0.2) is 71.4 Å². The summed E-state index contributed by atoms with van der Waals surface area (Å²) < 4.78 is 5.16. The monoisotopic (exact) mass is 470 g/mol. The summed E-state index contributed by atoms with van der Waals surface area (Å²) in [6.45, 7) is 6.95. The van der Waals surface area contributed by atoms with Crippen LogP contribution in [0.2, 0.25) is 0 Å². The van der Waals surface area contributed by atoms with Gasteiger partial charge in [-0.15, -0.1) is 0 Å². The molecule has 186 valence electrons. The molecule has 13 nitrogen and oxygen atoms in total. The number of carbonyl (C=O) groups is 5. The van der Waals surface area contributed by atoms with Crippen molar-refractivity contribution in [1.29, 1.82) is 5.53 Å². The Labute approximate surface area is 193 Å². The van der Waals surface area contributed by atoms with Crippen LogP contribution < -0.4 is 27.4 Å². The first kappa shape index (κ1) is 29.7. The van der Waals surface area contributed by atoms with Crippen LogP contribution in [0.1, 0.15) is 53.4 Å². The van der Waals surface area contributed by atoms with Crippen molar-refractivity contribution in [2.24, 2.45) is 17.4 Å². The van der Waals surface area contributed by atoms with E-state index < -0.39 is 53.8 Å². The molecule has 13 heteroatoms. The van der Waals surface area contributed by atoms with Gasteiger partial charge in [0.15, 0.2) is 0 Å². The molecule has 0 aromatic rings. The van der Waals surface area contributed by atoms with Gasteiger partial charge in [-0.1, -0.05) is 13.8 Å². The molecule has 0 heterocycles. The maximum Gasteiger partial charge on any atom is 0.372 e. The average Bonchev–Trinajstić information content (AvgIpc) is 2.71. The quantitative estimate of drug-likeness (QED) is 0.0575. The first-order valence-electron chi connectivity index (χ1n) is 10.7. The molecule has 0 fully saturated rings. The molecule has 4 amide bonds. The predicted octanol–water partition coefficient (Wildman–Crippen LogP) is -1.00. The molecule has 8 N–H and O–H groups in total. The van der Waals surface area contributed by atoms with Gasteiger partial charge in [0.1, 0.15) is 12.1 Å². The van der Waals surface area contributed by atoms with Crippen LogP contribution in [0.4, 0.5) is 4.79 Å². The highest BCUT2D eigenvalue weighted by Crippen LogP contribution is 2.07. The lowest BCUT2D eigenvalue weighted by Gasteiger charge is -2.25. The van der Waals surface area contributed by atoms with Crippen LogP contribution in [0.3, 0.4) is 0 Å². The van der Waals surface area contributed by atoms with E-state index in [-0.39, 0.29) is 31.7 Å². The van der Waals surface area contributed by atoms with E-state index in [1.54, 1.807) is 27.7 Å². The molecule has 0 aromatic heterocycles. The third-order valence-corrected chi connectivity index (χ3v) is 4.46. The molecule has 3 atom stereocenters. The van der Waals surface area contributed by atoms with E-state index in [1.165, 1.54) is 0 Å². The third-order valence-electron chi connectivity index (χ3n) is 4.46.